The molecule has 184 valence electrons. The number of carbonyl (C=O) groups is 1. The van der Waals surface area contributed by atoms with Crippen molar-refractivity contribution in [3.8, 4) is 0 Å². The molecule has 3 N–H and O–H groups in total. The largest absolute Gasteiger partial charge is 0.477 e. The first-order valence-electron chi connectivity index (χ1n) is 11.6. The number of hydrogen-bond donors (Lipinski definition) is 2. The van der Waals surface area contributed by atoms with E-state index in [1.54, 1.807) is 4.90 Å². The highest BCUT2D eigenvalue weighted by Crippen LogP contribution is 2.42. The zero-order valence-electron chi connectivity index (χ0n) is 19.3. The van der Waals surface area contributed by atoms with Crippen LogP contribution in [0.2, 0.25) is 0 Å². The van der Waals surface area contributed by atoms with Crippen LogP contribution in [0.15, 0.2) is 11.0 Å². The normalized spacial score (nSPS) is 24.6. The number of morpholine rings is 1. The van der Waals surface area contributed by atoms with Gasteiger partial charge >= 0.3 is 5.97 Å². The summed E-state index contributed by atoms with van der Waals surface area (Å²) in [4.78, 5) is 26.1. The van der Waals surface area contributed by atoms with E-state index in [4.69, 9.17) is 10.5 Å². The Hall–Kier alpha value is -2.76. The lowest BCUT2D eigenvalue weighted by atomic mass is 10.0. The number of nitrogens with zero attached hydrogens (tertiary/aromatic N) is 4. The summed E-state index contributed by atoms with van der Waals surface area (Å²) in [5.74, 6) is -3.35. The molecule has 2 unspecified atom stereocenters. The van der Waals surface area contributed by atoms with Gasteiger partial charge in [-0.15, -0.1) is 0 Å². The summed E-state index contributed by atoms with van der Waals surface area (Å²) < 4.78 is 38.6. The number of nitrogen functional groups attached to an aromatic ring is 1. The predicted molar refractivity (Wildman–Crippen MR) is 123 cm³/mol. The summed E-state index contributed by atoms with van der Waals surface area (Å²) in [6.45, 7) is 7.56. The van der Waals surface area contributed by atoms with Gasteiger partial charge in [-0.3, -0.25) is 4.79 Å². The number of nitrogens with two attached hydrogens (primary N) is 1. The number of anilines is 2. The van der Waals surface area contributed by atoms with E-state index in [2.05, 4.69) is 10.0 Å². The number of aromatic nitrogens is 1. The van der Waals surface area contributed by atoms with Gasteiger partial charge in [0.2, 0.25) is 5.43 Å². The summed E-state index contributed by atoms with van der Waals surface area (Å²) in [7, 11) is 0. The van der Waals surface area contributed by atoms with E-state index in [-0.39, 0.29) is 29.3 Å². The third-order valence-electron chi connectivity index (χ3n) is 7.04. The van der Waals surface area contributed by atoms with Gasteiger partial charge in [0.25, 0.3) is 0 Å². The van der Waals surface area contributed by atoms with Gasteiger partial charge < -0.3 is 25.0 Å². The van der Waals surface area contributed by atoms with Crippen molar-refractivity contribution in [3.05, 3.63) is 33.6 Å². The summed E-state index contributed by atoms with van der Waals surface area (Å²) in [5, 5.41) is 13.5. The number of fused-ring (bicyclic) bond motifs is 1. The smallest absolute Gasteiger partial charge is 0.341 e. The Morgan fingerprint density at radius 3 is 2.29 bits per heavy atom. The van der Waals surface area contributed by atoms with Crippen molar-refractivity contribution in [1.82, 2.24) is 14.6 Å². The molecular formula is C23H29F2N5O4. The molecule has 34 heavy (non-hydrogen) atoms. The number of carboxylic acid groups (broad SMARTS) is 1. The van der Waals surface area contributed by atoms with E-state index in [0.717, 1.165) is 32.1 Å². The van der Waals surface area contributed by atoms with E-state index in [0.29, 0.717) is 26.3 Å². The Morgan fingerprint density at radius 1 is 1.12 bits per heavy atom. The van der Waals surface area contributed by atoms with Crippen molar-refractivity contribution in [2.45, 2.75) is 44.8 Å². The Kier molecular flexibility index (Phi) is 5.73. The van der Waals surface area contributed by atoms with E-state index < -0.39 is 39.7 Å². The first kappa shape index (κ1) is 23.0. The molecule has 2 aliphatic heterocycles. The fourth-order valence-corrected chi connectivity index (χ4v) is 5.46. The number of ether oxygens (including phenoxy) is 1. The van der Waals surface area contributed by atoms with Crippen LogP contribution in [0.5, 0.6) is 0 Å². The van der Waals surface area contributed by atoms with Gasteiger partial charge in [-0.1, -0.05) is 0 Å². The zero-order valence-corrected chi connectivity index (χ0v) is 19.3. The van der Waals surface area contributed by atoms with Crippen LogP contribution in [-0.2, 0) is 4.74 Å². The molecule has 3 heterocycles. The highest BCUT2D eigenvalue weighted by molar-refractivity contribution is 5.99. The van der Waals surface area contributed by atoms with Gasteiger partial charge in [0.15, 0.2) is 11.6 Å². The number of benzene rings is 1. The number of hydrazine groups is 1. The molecule has 2 aromatic rings. The molecule has 0 radical (unpaired) electrons. The lowest BCUT2D eigenvalue weighted by Crippen LogP contribution is -2.64. The van der Waals surface area contributed by atoms with Crippen LogP contribution < -0.4 is 16.1 Å². The van der Waals surface area contributed by atoms with Gasteiger partial charge in [0.1, 0.15) is 11.3 Å². The molecule has 1 aromatic heterocycles. The standard InChI is InChI=1S/C23H29F2N5O4/c1-12-9-27(10-13(2)30(12)28-5-7-34-8-6-28)21-17(24)19(26)16-20(18(21)25)29(14-3-4-14)11-15(22(16)31)23(32)33/h11-14H,3-10,26H2,1-2H3,(H,32,33). The molecule has 2 atom stereocenters. The fraction of sp³-hybridized carbons (Fsp3) is 0.565. The topological polar surface area (TPSA) is 104 Å². The Balaban J connectivity index is 1.61. The maximum atomic E-state index is 16.1. The minimum atomic E-state index is -1.45. The summed E-state index contributed by atoms with van der Waals surface area (Å²) in [5.41, 5.74) is 3.65. The number of rotatable bonds is 4. The SMILES string of the molecule is CC1CN(c2c(F)c(N)c3c(=O)c(C(=O)O)cn(C4CC4)c3c2F)CC(C)N1N1CCOCC1. The van der Waals surface area contributed by atoms with Crippen molar-refractivity contribution in [2.75, 3.05) is 50.0 Å². The Morgan fingerprint density at radius 2 is 1.74 bits per heavy atom. The van der Waals surface area contributed by atoms with E-state index in [1.807, 2.05) is 13.8 Å². The van der Waals surface area contributed by atoms with Crippen molar-refractivity contribution < 1.29 is 23.4 Å². The van der Waals surface area contributed by atoms with Gasteiger partial charge in [-0.25, -0.2) is 23.6 Å². The van der Waals surface area contributed by atoms with Crippen LogP contribution >= 0.6 is 0 Å². The zero-order chi connectivity index (χ0) is 24.3. The lowest BCUT2D eigenvalue weighted by molar-refractivity contribution is -0.134. The Bertz CT molecular complexity index is 1200. The van der Waals surface area contributed by atoms with Gasteiger partial charge in [0.05, 0.1) is 29.8 Å². The van der Waals surface area contributed by atoms with Crippen LogP contribution in [0.1, 0.15) is 43.1 Å². The molecule has 0 bridgehead atoms. The number of hydrogen-bond acceptors (Lipinski definition) is 7. The summed E-state index contributed by atoms with van der Waals surface area (Å²) in [6.07, 6.45) is 2.60. The second-order valence-corrected chi connectivity index (χ2v) is 9.48. The maximum absolute atomic E-state index is 16.1. The highest BCUT2D eigenvalue weighted by Gasteiger charge is 2.38. The molecule has 1 aliphatic carbocycles. The minimum absolute atomic E-state index is 0.0300. The first-order chi connectivity index (χ1) is 16.2. The van der Waals surface area contributed by atoms with E-state index in [1.165, 1.54) is 4.57 Å². The van der Waals surface area contributed by atoms with Gasteiger partial charge in [0, 0.05) is 50.5 Å². The maximum Gasteiger partial charge on any atom is 0.341 e. The molecule has 3 aliphatic rings. The van der Waals surface area contributed by atoms with Crippen molar-refractivity contribution in [1.29, 1.82) is 0 Å². The number of aromatic carboxylic acids is 1. The monoisotopic (exact) mass is 477 g/mol. The molecule has 0 spiro atoms. The van der Waals surface area contributed by atoms with Crippen LogP contribution in [0.25, 0.3) is 10.9 Å². The molecule has 2 saturated heterocycles. The van der Waals surface area contributed by atoms with Crippen LogP contribution in [-0.4, -0.2) is 77.1 Å². The second-order valence-electron chi connectivity index (χ2n) is 9.48. The van der Waals surface area contributed by atoms with E-state index in [9.17, 15) is 14.7 Å². The lowest BCUT2D eigenvalue weighted by Gasteiger charge is -2.50. The van der Waals surface area contributed by atoms with Crippen LogP contribution in [0.3, 0.4) is 0 Å². The fourth-order valence-electron chi connectivity index (χ4n) is 5.46. The molecule has 3 fully saturated rings. The van der Waals surface area contributed by atoms with Crippen LogP contribution in [0.4, 0.5) is 20.2 Å². The third-order valence-corrected chi connectivity index (χ3v) is 7.04. The molecule has 9 nitrogen and oxygen atoms in total. The Labute approximate surface area is 195 Å². The number of halogens is 2. The van der Waals surface area contributed by atoms with Gasteiger partial charge in [-0.05, 0) is 26.7 Å². The predicted octanol–water partition coefficient (Wildman–Crippen LogP) is 2.04. The third kappa shape index (κ3) is 3.62. The first-order valence-corrected chi connectivity index (χ1v) is 11.6. The van der Waals surface area contributed by atoms with Crippen molar-refractivity contribution in [3.63, 3.8) is 0 Å². The second kappa shape index (κ2) is 8.47. The molecule has 11 heteroatoms. The van der Waals surface area contributed by atoms with Crippen molar-refractivity contribution in [2.24, 2.45) is 0 Å². The highest BCUT2D eigenvalue weighted by atomic mass is 19.1. The molecule has 5 rings (SSSR count). The summed E-state index contributed by atoms with van der Waals surface area (Å²) in [6, 6.07) is -0.209. The molecule has 1 saturated carbocycles. The number of carboxylic acids is 1. The number of pyridine rings is 1. The van der Waals surface area contributed by atoms with Crippen molar-refractivity contribution >= 4 is 28.2 Å². The average Bonchev–Trinajstić information content (AvgIpc) is 3.63. The summed E-state index contributed by atoms with van der Waals surface area (Å²) >= 11 is 0. The van der Waals surface area contributed by atoms with Crippen LogP contribution in [0, 0.1) is 11.6 Å². The number of piperazine rings is 1. The molecule has 1 aromatic carbocycles. The quantitative estimate of drug-likeness (QED) is 0.645. The molecule has 0 amide bonds. The average molecular weight is 478 g/mol. The van der Waals surface area contributed by atoms with E-state index >= 15 is 8.78 Å². The minimum Gasteiger partial charge on any atom is -0.477 e. The molecular weight excluding hydrogens is 448 g/mol. The van der Waals surface area contributed by atoms with Gasteiger partial charge in [-0.2, -0.15) is 0 Å².